The third-order valence-corrected chi connectivity index (χ3v) is 5.43. The van der Waals surface area contributed by atoms with E-state index in [0.717, 1.165) is 19.4 Å². The molecule has 1 aromatic heterocycles. The summed E-state index contributed by atoms with van der Waals surface area (Å²) in [5.74, 6) is 0.0973. The lowest BCUT2D eigenvalue weighted by atomic mass is 10.1. The van der Waals surface area contributed by atoms with E-state index in [4.69, 9.17) is 11.1 Å². The Morgan fingerprint density at radius 2 is 1.76 bits per heavy atom. The number of thiophene rings is 1. The summed E-state index contributed by atoms with van der Waals surface area (Å²) in [4.78, 5) is 1.17. The fraction of sp³-hybridized carbons (Fsp3) is 0. The predicted octanol–water partition coefficient (Wildman–Crippen LogP) is 4.65. The number of halogens is 3. The van der Waals surface area contributed by atoms with Gasteiger partial charge in [-0.25, -0.2) is 0 Å². The second-order valence-electron chi connectivity index (χ2n) is 3.22. The van der Waals surface area contributed by atoms with Crippen LogP contribution in [0.15, 0.2) is 38.6 Å². The summed E-state index contributed by atoms with van der Waals surface area (Å²) in [5, 5.41) is 7.31. The number of benzene rings is 1. The first kappa shape index (κ1) is 14.7. The second-order valence-corrected chi connectivity index (χ2v) is 6.45. The molecule has 90 valence electrons. The summed E-state index contributed by atoms with van der Waals surface area (Å²) in [7, 11) is 0. The van der Waals surface area contributed by atoms with Crippen molar-refractivity contribution in [1.82, 2.24) is 0 Å². The maximum atomic E-state index is 7.31. The Hall–Kier alpha value is -0.360. The molecule has 0 saturated heterocycles. The lowest BCUT2D eigenvalue weighted by molar-refractivity contribution is 1.43. The molecule has 0 bridgehead atoms. The number of hydrogen-bond acceptors (Lipinski definition) is 2. The third-order valence-electron chi connectivity index (χ3n) is 2.13. The van der Waals surface area contributed by atoms with Gasteiger partial charge in [0.15, 0.2) is 0 Å². The van der Waals surface area contributed by atoms with E-state index >= 15 is 0 Å². The van der Waals surface area contributed by atoms with Gasteiger partial charge in [-0.1, -0.05) is 24.3 Å². The normalized spacial score (nSPS) is 9.76. The lowest BCUT2D eigenvalue weighted by Crippen LogP contribution is -2.10. The molecule has 6 heteroatoms. The van der Waals surface area contributed by atoms with E-state index in [1.807, 2.05) is 24.3 Å². The van der Waals surface area contributed by atoms with Crippen molar-refractivity contribution >= 4 is 61.4 Å². The van der Waals surface area contributed by atoms with Crippen LogP contribution < -0.4 is 5.73 Å². The molecule has 0 spiro atoms. The van der Waals surface area contributed by atoms with Crippen molar-refractivity contribution in [3.8, 4) is 10.4 Å². The van der Waals surface area contributed by atoms with Gasteiger partial charge in [0.25, 0.3) is 0 Å². The molecule has 2 rings (SSSR count). The van der Waals surface area contributed by atoms with E-state index in [9.17, 15) is 0 Å². The minimum atomic E-state index is 0. The Bertz CT molecular complexity index is 517. The van der Waals surface area contributed by atoms with Crippen LogP contribution in [0.2, 0.25) is 0 Å². The van der Waals surface area contributed by atoms with Gasteiger partial charge < -0.3 is 5.73 Å². The molecule has 0 amide bonds. The fourth-order valence-corrected chi connectivity index (χ4v) is 3.34. The molecule has 1 aromatic carbocycles. The van der Waals surface area contributed by atoms with Crippen molar-refractivity contribution in [3.05, 3.63) is 44.2 Å². The van der Waals surface area contributed by atoms with Gasteiger partial charge in [0.2, 0.25) is 0 Å². The van der Waals surface area contributed by atoms with Crippen LogP contribution in [0.5, 0.6) is 0 Å². The van der Waals surface area contributed by atoms with E-state index < -0.39 is 0 Å². The summed E-state index contributed by atoms with van der Waals surface area (Å²) >= 11 is 8.60. The van der Waals surface area contributed by atoms with Crippen LogP contribution in [0.25, 0.3) is 10.4 Å². The second kappa shape index (κ2) is 6.00. The van der Waals surface area contributed by atoms with Gasteiger partial charge in [0, 0.05) is 14.9 Å². The summed E-state index contributed by atoms with van der Waals surface area (Å²) in [5.41, 5.74) is 7.28. The van der Waals surface area contributed by atoms with Crippen LogP contribution in [0.1, 0.15) is 5.56 Å². The van der Waals surface area contributed by atoms with Crippen LogP contribution >= 0.6 is 55.6 Å². The zero-order chi connectivity index (χ0) is 11.7. The number of amidine groups is 1. The monoisotopic (exact) mass is 394 g/mol. The Kier molecular flexibility index (Phi) is 5.19. The average Bonchev–Trinajstić information content (AvgIpc) is 2.59. The number of hydrogen-bond donors (Lipinski definition) is 2. The highest BCUT2D eigenvalue weighted by Gasteiger charge is 2.06. The van der Waals surface area contributed by atoms with E-state index in [1.165, 1.54) is 4.88 Å². The molecular weight excluding hydrogens is 387 g/mol. The standard InChI is InChI=1S/C11H8Br2N2S.ClH/c12-8-5-9(16-10(8)13)6-1-3-7(4-2-6)11(14)15;/h1-5H,(H3,14,15);1H. The molecule has 17 heavy (non-hydrogen) atoms. The van der Waals surface area contributed by atoms with Crippen molar-refractivity contribution in [2.75, 3.05) is 0 Å². The highest BCUT2D eigenvalue weighted by atomic mass is 79.9. The summed E-state index contributed by atoms with van der Waals surface area (Å²) in [6, 6.07) is 9.73. The van der Waals surface area contributed by atoms with Crippen LogP contribution in [0.3, 0.4) is 0 Å². The molecule has 2 aromatic rings. The quantitative estimate of drug-likeness (QED) is 0.564. The summed E-state index contributed by atoms with van der Waals surface area (Å²) in [6.45, 7) is 0. The Morgan fingerprint density at radius 1 is 1.18 bits per heavy atom. The average molecular weight is 397 g/mol. The van der Waals surface area contributed by atoms with Gasteiger partial charge >= 0.3 is 0 Å². The molecule has 0 aliphatic carbocycles. The molecule has 0 saturated carbocycles. The zero-order valence-electron chi connectivity index (χ0n) is 8.54. The number of nitrogens with one attached hydrogen (secondary N) is 1. The van der Waals surface area contributed by atoms with Crippen LogP contribution in [0, 0.1) is 5.41 Å². The maximum Gasteiger partial charge on any atom is 0.122 e. The molecule has 0 aliphatic rings. The van der Waals surface area contributed by atoms with E-state index in [-0.39, 0.29) is 18.2 Å². The molecule has 2 nitrogen and oxygen atoms in total. The number of nitrogen functional groups attached to an aromatic ring is 1. The minimum absolute atomic E-state index is 0. The minimum Gasteiger partial charge on any atom is -0.384 e. The fourth-order valence-electron chi connectivity index (χ4n) is 1.30. The van der Waals surface area contributed by atoms with Gasteiger partial charge in [-0.3, -0.25) is 5.41 Å². The van der Waals surface area contributed by atoms with E-state index in [2.05, 4.69) is 37.9 Å². The van der Waals surface area contributed by atoms with E-state index in [0.29, 0.717) is 0 Å². The van der Waals surface area contributed by atoms with Crippen molar-refractivity contribution in [3.63, 3.8) is 0 Å². The third kappa shape index (κ3) is 3.31. The van der Waals surface area contributed by atoms with Gasteiger partial charge in [-0.2, -0.15) is 0 Å². The van der Waals surface area contributed by atoms with Gasteiger partial charge in [0.05, 0.1) is 3.79 Å². The molecule has 3 N–H and O–H groups in total. The van der Waals surface area contributed by atoms with Crippen LogP contribution in [0.4, 0.5) is 0 Å². The number of nitrogens with two attached hydrogens (primary N) is 1. The first-order valence-corrected chi connectivity index (χ1v) is 6.88. The van der Waals surface area contributed by atoms with Crippen LogP contribution in [-0.4, -0.2) is 5.84 Å². The van der Waals surface area contributed by atoms with Crippen LogP contribution in [-0.2, 0) is 0 Å². The summed E-state index contributed by atoms with van der Waals surface area (Å²) in [6.07, 6.45) is 0. The molecule has 0 atom stereocenters. The SMILES string of the molecule is Cl.N=C(N)c1ccc(-c2cc(Br)c(Br)s2)cc1. The Balaban J connectivity index is 0.00000144. The first-order valence-electron chi connectivity index (χ1n) is 4.47. The number of rotatable bonds is 2. The summed E-state index contributed by atoms with van der Waals surface area (Å²) < 4.78 is 2.14. The van der Waals surface area contributed by atoms with Gasteiger partial charge in [0.1, 0.15) is 5.84 Å². The predicted molar refractivity (Wildman–Crippen MR) is 83.4 cm³/mol. The highest BCUT2D eigenvalue weighted by Crippen LogP contribution is 2.38. The largest absolute Gasteiger partial charge is 0.384 e. The Morgan fingerprint density at radius 3 is 2.18 bits per heavy atom. The zero-order valence-corrected chi connectivity index (χ0v) is 13.3. The molecule has 0 fully saturated rings. The highest BCUT2D eigenvalue weighted by molar-refractivity contribution is 9.13. The smallest absolute Gasteiger partial charge is 0.122 e. The van der Waals surface area contributed by atoms with Crippen molar-refractivity contribution in [1.29, 1.82) is 5.41 Å². The van der Waals surface area contributed by atoms with Crippen molar-refractivity contribution in [2.24, 2.45) is 5.73 Å². The molecule has 0 radical (unpaired) electrons. The molecule has 0 aliphatic heterocycles. The first-order chi connectivity index (χ1) is 7.58. The van der Waals surface area contributed by atoms with Gasteiger partial charge in [-0.15, -0.1) is 23.7 Å². The molecule has 0 unspecified atom stereocenters. The van der Waals surface area contributed by atoms with Crippen molar-refractivity contribution < 1.29 is 0 Å². The Labute approximate surface area is 126 Å². The topological polar surface area (TPSA) is 49.9 Å². The van der Waals surface area contributed by atoms with Crippen molar-refractivity contribution in [2.45, 2.75) is 0 Å². The molecular formula is C11H9Br2ClN2S. The van der Waals surface area contributed by atoms with Gasteiger partial charge in [-0.05, 0) is 43.5 Å². The maximum absolute atomic E-state index is 7.31. The lowest BCUT2D eigenvalue weighted by Gasteiger charge is -2.00. The molecule has 1 heterocycles. The van der Waals surface area contributed by atoms with E-state index in [1.54, 1.807) is 11.3 Å².